The van der Waals surface area contributed by atoms with E-state index in [9.17, 15) is 0 Å². The van der Waals surface area contributed by atoms with Crippen LogP contribution in [0, 0.1) is 5.92 Å². The maximum absolute atomic E-state index is 5.79. The molecule has 0 bridgehead atoms. The van der Waals surface area contributed by atoms with Crippen LogP contribution in [0.1, 0.15) is 54.8 Å². The van der Waals surface area contributed by atoms with Gasteiger partial charge in [-0.2, -0.15) is 0 Å². The predicted molar refractivity (Wildman–Crippen MR) is 144 cm³/mol. The first-order valence-electron chi connectivity index (χ1n) is 11.7. The van der Waals surface area contributed by atoms with Gasteiger partial charge in [0.2, 0.25) is 0 Å². The second-order valence-corrected chi connectivity index (χ2v) is 9.78. The summed E-state index contributed by atoms with van der Waals surface area (Å²) in [4.78, 5) is 11.0. The van der Waals surface area contributed by atoms with Gasteiger partial charge in [-0.1, -0.05) is 12.5 Å². The minimum atomic E-state index is 0. The van der Waals surface area contributed by atoms with Crippen molar-refractivity contribution in [1.29, 1.82) is 0 Å². The Morgan fingerprint density at radius 2 is 2.00 bits per heavy atom. The van der Waals surface area contributed by atoms with Crippen LogP contribution in [0.25, 0.3) is 0 Å². The first-order chi connectivity index (χ1) is 15.3. The van der Waals surface area contributed by atoms with Crippen molar-refractivity contribution in [1.82, 2.24) is 20.4 Å². The van der Waals surface area contributed by atoms with Gasteiger partial charge in [0.15, 0.2) is 5.96 Å². The van der Waals surface area contributed by atoms with Gasteiger partial charge in [-0.05, 0) is 81.9 Å². The molecular formula is C24H38IN5OS. The van der Waals surface area contributed by atoms with E-state index in [4.69, 9.17) is 4.42 Å². The van der Waals surface area contributed by atoms with Crippen molar-refractivity contribution < 1.29 is 4.42 Å². The summed E-state index contributed by atoms with van der Waals surface area (Å²) in [6.07, 6.45) is 8.15. The maximum Gasteiger partial charge on any atom is 0.191 e. The summed E-state index contributed by atoms with van der Waals surface area (Å²) < 4.78 is 5.79. The van der Waals surface area contributed by atoms with Crippen molar-refractivity contribution >= 4 is 41.3 Å². The summed E-state index contributed by atoms with van der Waals surface area (Å²) >= 11 is 1.87. The Hall–Kier alpha value is -1.10. The molecule has 4 heterocycles. The summed E-state index contributed by atoms with van der Waals surface area (Å²) in [7, 11) is 4.12. The number of likely N-dealkylation sites (tertiary alicyclic amines) is 2. The molecule has 3 atom stereocenters. The number of rotatable bonds is 7. The van der Waals surface area contributed by atoms with Crippen molar-refractivity contribution in [2.45, 2.75) is 44.2 Å². The highest BCUT2D eigenvalue weighted by Gasteiger charge is 2.31. The molecule has 2 fully saturated rings. The topological polar surface area (TPSA) is 56.0 Å². The van der Waals surface area contributed by atoms with Gasteiger partial charge in [-0.15, -0.1) is 35.3 Å². The number of hydrogen-bond acceptors (Lipinski definition) is 5. The Morgan fingerprint density at radius 1 is 1.16 bits per heavy atom. The van der Waals surface area contributed by atoms with Crippen LogP contribution in [-0.2, 0) is 0 Å². The highest BCUT2D eigenvalue weighted by molar-refractivity contribution is 14.0. The Morgan fingerprint density at radius 3 is 2.69 bits per heavy atom. The molecule has 2 aliphatic heterocycles. The van der Waals surface area contributed by atoms with E-state index < -0.39 is 0 Å². The molecule has 0 aromatic carbocycles. The molecule has 8 heteroatoms. The van der Waals surface area contributed by atoms with E-state index in [-0.39, 0.29) is 30.0 Å². The van der Waals surface area contributed by atoms with Crippen molar-refractivity contribution in [3.63, 3.8) is 0 Å². The van der Waals surface area contributed by atoms with Crippen molar-refractivity contribution in [2.75, 3.05) is 46.8 Å². The number of nitrogens with zero attached hydrogens (tertiary/aromatic N) is 3. The molecule has 4 rings (SSSR count). The number of hydrogen-bond donors (Lipinski definition) is 2. The molecule has 2 aromatic heterocycles. The molecule has 6 nitrogen and oxygen atoms in total. The first-order valence-corrected chi connectivity index (χ1v) is 12.6. The van der Waals surface area contributed by atoms with E-state index in [0.29, 0.717) is 12.0 Å². The molecule has 32 heavy (non-hydrogen) atoms. The molecule has 2 saturated heterocycles. The van der Waals surface area contributed by atoms with Crippen LogP contribution >= 0.6 is 35.3 Å². The molecule has 0 saturated carbocycles. The maximum atomic E-state index is 5.79. The number of thiophene rings is 1. The van der Waals surface area contributed by atoms with E-state index in [2.05, 4.69) is 56.1 Å². The van der Waals surface area contributed by atoms with E-state index in [1.165, 1.54) is 43.5 Å². The van der Waals surface area contributed by atoms with Crippen molar-refractivity contribution in [3.05, 3.63) is 46.5 Å². The predicted octanol–water partition coefficient (Wildman–Crippen LogP) is 4.73. The van der Waals surface area contributed by atoms with Gasteiger partial charge in [-0.3, -0.25) is 14.8 Å². The second-order valence-electron chi connectivity index (χ2n) is 8.81. The SMILES string of the molecule is CN=C(NCC1CCCN(C)C1c1cccs1)NCC(c1ccco1)N1CCCCC1.I. The van der Waals surface area contributed by atoms with Gasteiger partial charge in [-0.25, -0.2) is 0 Å². The molecular weight excluding hydrogens is 533 g/mol. The normalized spacial score (nSPS) is 24.0. The molecule has 0 spiro atoms. The zero-order valence-electron chi connectivity index (χ0n) is 19.3. The summed E-state index contributed by atoms with van der Waals surface area (Å²) in [5.41, 5.74) is 0. The smallest absolute Gasteiger partial charge is 0.191 e. The van der Waals surface area contributed by atoms with Crippen LogP contribution in [0.5, 0.6) is 0 Å². The first kappa shape index (κ1) is 25.5. The number of guanidine groups is 1. The lowest BCUT2D eigenvalue weighted by Crippen LogP contribution is -2.47. The van der Waals surface area contributed by atoms with Crippen molar-refractivity contribution in [3.8, 4) is 0 Å². The number of aliphatic imine (C=N–C) groups is 1. The number of nitrogens with one attached hydrogen (secondary N) is 2. The van der Waals surface area contributed by atoms with Gasteiger partial charge in [0.25, 0.3) is 0 Å². The lowest BCUT2D eigenvalue weighted by molar-refractivity contribution is 0.125. The van der Waals surface area contributed by atoms with E-state index >= 15 is 0 Å². The summed E-state index contributed by atoms with van der Waals surface area (Å²) in [6.45, 7) is 5.17. The largest absolute Gasteiger partial charge is 0.468 e. The average molecular weight is 572 g/mol. The summed E-state index contributed by atoms with van der Waals surface area (Å²) in [5, 5.41) is 9.40. The van der Waals surface area contributed by atoms with Gasteiger partial charge < -0.3 is 15.1 Å². The fourth-order valence-corrected chi connectivity index (χ4v) is 6.13. The Bertz CT molecular complexity index is 791. The highest BCUT2D eigenvalue weighted by atomic mass is 127. The number of piperidine rings is 2. The summed E-state index contributed by atoms with van der Waals surface area (Å²) in [5.74, 6) is 2.50. The lowest BCUT2D eigenvalue weighted by Gasteiger charge is -2.39. The zero-order chi connectivity index (χ0) is 21.5. The molecule has 178 valence electrons. The van der Waals surface area contributed by atoms with Crippen LogP contribution in [0.2, 0.25) is 0 Å². The molecule has 0 radical (unpaired) electrons. The van der Waals surface area contributed by atoms with Crippen LogP contribution in [0.4, 0.5) is 0 Å². The van der Waals surface area contributed by atoms with E-state index in [1.54, 1.807) is 6.26 Å². The van der Waals surface area contributed by atoms with Crippen LogP contribution < -0.4 is 10.6 Å². The number of furan rings is 1. The average Bonchev–Trinajstić information content (AvgIpc) is 3.51. The third-order valence-corrected chi connectivity index (χ3v) is 7.71. The Labute approximate surface area is 213 Å². The van der Waals surface area contributed by atoms with Gasteiger partial charge in [0.1, 0.15) is 5.76 Å². The molecule has 2 aliphatic rings. The quantitative estimate of drug-likeness (QED) is 0.286. The standard InChI is InChI=1S/C24H37N5OS.HI/c1-25-24(26-17-19-9-6-12-28(2)23(19)22-11-8-16-31-22)27-18-20(21-10-7-15-30-21)29-13-4-3-5-14-29;/h7-8,10-11,15-16,19-20,23H,3-6,9,12-14,17-18H2,1-2H3,(H2,25,26,27);1H. The fraction of sp³-hybridized carbons (Fsp3) is 0.625. The molecule has 2 aromatic rings. The third kappa shape index (κ3) is 6.48. The van der Waals surface area contributed by atoms with Crippen LogP contribution in [0.15, 0.2) is 45.3 Å². The molecule has 0 amide bonds. The summed E-state index contributed by atoms with van der Waals surface area (Å²) in [6, 6.07) is 9.27. The zero-order valence-corrected chi connectivity index (χ0v) is 22.5. The lowest BCUT2D eigenvalue weighted by atomic mass is 9.88. The van der Waals surface area contributed by atoms with Crippen molar-refractivity contribution in [2.24, 2.45) is 10.9 Å². The molecule has 0 aliphatic carbocycles. The van der Waals surface area contributed by atoms with E-state index in [0.717, 1.165) is 37.9 Å². The Balaban J connectivity index is 0.00000289. The molecule has 3 unspecified atom stereocenters. The highest BCUT2D eigenvalue weighted by Crippen LogP contribution is 2.36. The van der Waals surface area contributed by atoms with Crippen LogP contribution in [0.3, 0.4) is 0 Å². The van der Waals surface area contributed by atoms with Gasteiger partial charge in [0.05, 0.1) is 12.3 Å². The Kier molecular flexibility index (Phi) is 10.3. The minimum Gasteiger partial charge on any atom is -0.468 e. The molecule has 2 N–H and O–H groups in total. The fourth-order valence-electron chi connectivity index (χ4n) is 5.14. The monoisotopic (exact) mass is 571 g/mol. The van der Waals surface area contributed by atoms with Gasteiger partial charge in [0, 0.05) is 31.1 Å². The van der Waals surface area contributed by atoms with Crippen LogP contribution in [-0.4, -0.2) is 62.6 Å². The van der Waals surface area contributed by atoms with Gasteiger partial charge >= 0.3 is 0 Å². The number of halogens is 1. The minimum absolute atomic E-state index is 0. The van der Waals surface area contributed by atoms with E-state index in [1.807, 2.05) is 24.5 Å². The third-order valence-electron chi connectivity index (χ3n) is 6.76. The second kappa shape index (κ2) is 13.0.